The van der Waals surface area contributed by atoms with E-state index in [-0.39, 0.29) is 0 Å². The number of hydrogen-bond donors (Lipinski definition) is 0. The van der Waals surface area contributed by atoms with E-state index in [1.165, 1.54) is 44.5 Å². The van der Waals surface area contributed by atoms with Gasteiger partial charge in [-0.15, -0.1) is 6.58 Å². The maximum Gasteiger partial charge on any atom is 0.000750 e. The van der Waals surface area contributed by atoms with Crippen molar-refractivity contribution in [1.82, 2.24) is 4.90 Å². The molecule has 0 aromatic heterocycles. The van der Waals surface area contributed by atoms with Gasteiger partial charge in [0, 0.05) is 6.54 Å². The van der Waals surface area contributed by atoms with Gasteiger partial charge < -0.3 is 4.90 Å². The third kappa shape index (κ3) is 3.40. The molecule has 0 N–H and O–H groups in total. The van der Waals surface area contributed by atoms with Gasteiger partial charge in [-0.3, -0.25) is 0 Å². The van der Waals surface area contributed by atoms with Crippen LogP contribution in [0.25, 0.3) is 0 Å². The van der Waals surface area contributed by atoms with Crippen molar-refractivity contribution in [2.45, 2.75) is 33.1 Å². The fourth-order valence-electron chi connectivity index (χ4n) is 1.83. The van der Waals surface area contributed by atoms with Crippen LogP contribution in [-0.2, 0) is 0 Å². The van der Waals surface area contributed by atoms with Crippen molar-refractivity contribution in [3.63, 3.8) is 0 Å². The van der Waals surface area contributed by atoms with Gasteiger partial charge in [0.15, 0.2) is 0 Å². The average molecular weight is 167 g/mol. The lowest BCUT2D eigenvalue weighted by Crippen LogP contribution is -2.21. The van der Waals surface area contributed by atoms with E-state index in [9.17, 15) is 0 Å². The highest BCUT2D eigenvalue weighted by Gasteiger charge is 2.17. The van der Waals surface area contributed by atoms with Crippen LogP contribution in [0.4, 0.5) is 0 Å². The van der Waals surface area contributed by atoms with E-state index in [0.717, 1.165) is 5.92 Å². The van der Waals surface area contributed by atoms with E-state index in [1.807, 2.05) is 0 Å². The maximum absolute atomic E-state index is 3.92. The van der Waals surface area contributed by atoms with Gasteiger partial charge in [0.25, 0.3) is 0 Å². The molecule has 0 amide bonds. The highest BCUT2D eigenvalue weighted by molar-refractivity contribution is 4.87. The molecule has 1 aliphatic rings. The Bertz CT molecular complexity index is 151. The van der Waals surface area contributed by atoms with Crippen LogP contribution in [0.3, 0.4) is 0 Å². The smallest absolute Gasteiger partial charge is 0.000750 e. The number of nitrogens with zero attached hydrogens (tertiary/aromatic N) is 1. The van der Waals surface area contributed by atoms with Crippen LogP contribution in [0.1, 0.15) is 33.1 Å². The Balaban J connectivity index is 2.04. The molecule has 12 heavy (non-hydrogen) atoms. The first-order chi connectivity index (χ1) is 5.68. The second-order valence-corrected chi connectivity index (χ2v) is 4.26. The topological polar surface area (TPSA) is 3.24 Å². The summed E-state index contributed by atoms with van der Waals surface area (Å²) in [5.74, 6) is 0.926. The third-order valence-corrected chi connectivity index (χ3v) is 2.59. The molecule has 1 heterocycles. The summed E-state index contributed by atoms with van der Waals surface area (Å²) in [4.78, 5) is 2.58. The molecule has 0 aromatic carbocycles. The van der Waals surface area contributed by atoms with E-state index >= 15 is 0 Å². The zero-order valence-corrected chi connectivity index (χ0v) is 8.47. The van der Waals surface area contributed by atoms with E-state index < -0.39 is 0 Å². The van der Waals surface area contributed by atoms with Crippen LogP contribution in [0.5, 0.6) is 0 Å². The van der Waals surface area contributed by atoms with Crippen molar-refractivity contribution in [3.05, 3.63) is 12.2 Å². The van der Waals surface area contributed by atoms with Gasteiger partial charge in [0.1, 0.15) is 0 Å². The summed E-state index contributed by atoms with van der Waals surface area (Å²) in [5.41, 5.74) is 1.32. The standard InChI is InChI=1S/C11H21N/c1-10(2)5-4-7-12-8-6-11(3)9-12/h11H,1,4-9H2,2-3H3. The molecule has 1 atom stereocenters. The molecule has 1 heteroatoms. The Morgan fingerprint density at radius 3 is 2.83 bits per heavy atom. The first-order valence-corrected chi connectivity index (χ1v) is 5.05. The van der Waals surface area contributed by atoms with Crippen molar-refractivity contribution < 1.29 is 0 Å². The second-order valence-electron chi connectivity index (χ2n) is 4.26. The van der Waals surface area contributed by atoms with Crippen molar-refractivity contribution in [1.29, 1.82) is 0 Å². The third-order valence-electron chi connectivity index (χ3n) is 2.59. The fourth-order valence-corrected chi connectivity index (χ4v) is 1.83. The summed E-state index contributed by atoms with van der Waals surface area (Å²) in [6.45, 7) is 12.3. The zero-order valence-electron chi connectivity index (χ0n) is 8.47. The molecular formula is C11H21N. The lowest BCUT2D eigenvalue weighted by Gasteiger charge is -2.14. The van der Waals surface area contributed by atoms with Crippen LogP contribution < -0.4 is 0 Å². The molecule has 1 fully saturated rings. The van der Waals surface area contributed by atoms with Gasteiger partial charge in [0.05, 0.1) is 0 Å². The minimum Gasteiger partial charge on any atom is -0.303 e. The number of likely N-dealkylation sites (tertiary alicyclic amines) is 1. The van der Waals surface area contributed by atoms with Crippen molar-refractivity contribution in [3.8, 4) is 0 Å². The van der Waals surface area contributed by atoms with Gasteiger partial charge in [-0.05, 0) is 45.2 Å². The molecule has 0 radical (unpaired) electrons. The first kappa shape index (κ1) is 9.79. The number of rotatable bonds is 4. The van der Waals surface area contributed by atoms with Gasteiger partial charge in [-0.1, -0.05) is 12.5 Å². The molecule has 0 aliphatic carbocycles. The Labute approximate surface area is 76.5 Å². The SMILES string of the molecule is C=C(C)CCCN1CCC(C)C1. The van der Waals surface area contributed by atoms with E-state index in [0.29, 0.717) is 0 Å². The zero-order chi connectivity index (χ0) is 8.97. The van der Waals surface area contributed by atoms with Gasteiger partial charge >= 0.3 is 0 Å². The molecular weight excluding hydrogens is 146 g/mol. The molecule has 0 bridgehead atoms. The molecule has 0 aromatic rings. The van der Waals surface area contributed by atoms with Crippen molar-refractivity contribution >= 4 is 0 Å². The van der Waals surface area contributed by atoms with Gasteiger partial charge in [-0.2, -0.15) is 0 Å². The number of allylic oxidation sites excluding steroid dienone is 1. The summed E-state index contributed by atoms with van der Waals surface area (Å²) in [6, 6.07) is 0. The van der Waals surface area contributed by atoms with Gasteiger partial charge in [0.2, 0.25) is 0 Å². The molecule has 1 rings (SSSR count). The summed E-state index contributed by atoms with van der Waals surface area (Å²) < 4.78 is 0. The Hall–Kier alpha value is -0.300. The van der Waals surface area contributed by atoms with E-state index in [2.05, 4.69) is 25.3 Å². The molecule has 1 nitrogen and oxygen atoms in total. The first-order valence-electron chi connectivity index (χ1n) is 5.05. The molecule has 0 saturated carbocycles. The number of hydrogen-bond acceptors (Lipinski definition) is 1. The van der Waals surface area contributed by atoms with Crippen LogP contribution in [-0.4, -0.2) is 24.5 Å². The molecule has 1 aliphatic heterocycles. The largest absolute Gasteiger partial charge is 0.303 e. The van der Waals surface area contributed by atoms with E-state index in [4.69, 9.17) is 0 Å². The molecule has 1 saturated heterocycles. The lowest BCUT2D eigenvalue weighted by molar-refractivity contribution is 0.323. The molecule has 70 valence electrons. The lowest BCUT2D eigenvalue weighted by atomic mass is 10.2. The maximum atomic E-state index is 3.92. The summed E-state index contributed by atoms with van der Waals surface area (Å²) in [6.07, 6.45) is 3.89. The average Bonchev–Trinajstić information content (AvgIpc) is 2.35. The van der Waals surface area contributed by atoms with Crippen LogP contribution in [0.2, 0.25) is 0 Å². The van der Waals surface area contributed by atoms with Crippen LogP contribution >= 0.6 is 0 Å². The van der Waals surface area contributed by atoms with Crippen LogP contribution in [0.15, 0.2) is 12.2 Å². The molecule has 0 spiro atoms. The van der Waals surface area contributed by atoms with Gasteiger partial charge in [-0.25, -0.2) is 0 Å². The summed E-state index contributed by atoms with van der Waals surface area (Å²) in [7, 11) is 0. The van der Waals surface area contributed by atoms with Crippen molar-refractivity contribution in [2.75, 3.05) is 19.6 Å². The quantitative estimate of drug-likeness (QED) is 0.582. The Morgan fingerprint density at radius 1 is 1.58 bits per heavy atom. The fraction of sp³-hybridized carbons (Fsp3) is 0.818. The second kappa shape index (κ2) is 4.66. The Kier molecular flexibility index (Phi) is 3.80. The molecule has 1 unspecified atom stereocenters. The van der Waals surface area contributed by atoms with Crippen molar-refractivity contribution in [2.24, 2.45) is 5.92 Å². The predicted molar refractivity (Wildman–Crippen MR) is 54.3 cm³/mol. The minimum atomic E-state index is 0.926. The summed E-state index contributed by atoms with van der Waals surface area (Å²) in [5, 5.41) is 0. The predicted octanol–water partition coefficient (Wildman–Crippen LogP) is 2.68. The normalized spacial score (nSPS) is 24.7. The van der Waals surface area contributed by atoms with E-state index in [1.54, 1.807) is 0 Å². The Morgan fingerprint density at radius 2 is 2.33 bits per heavy atom. The summed E-state index contributed by atoms with van der Waals surface area (Å²) >= 11 is 0. The monoisotopic (exact) mass is 167 g/mol. The highest BCUT2D eigenvalue weighted by Crippen LogP contribution is 2.15. The minimum absolute atomic E-state index is 0.926. The highest BCUT2D eigenvalue weighted by atomic mass is 15.1. The van der Waals surface area contributed by atoms with Crippen LogP contribution in [0, 0.1) is 5.92 Å².